The van der Waals surface area contributed by atoms with Gasteiger partial charge in [0, 0.05) is 18.9 Å². The lowest BCUT2D eigenvalue weighted by atomic mass is 10.1. The summed E-state index contributed by atoms with van der Waals surface area (Å²) in [7, 11) is 1.98. The van der Waals surface area contributed by atoms with Crippen LogP contribution in [0, 0.1) is 0 Å². The third-order valence-corrected chi connectivity index (χ3v) is 2.73. The molecule has 1 heterocycles. The Labute approximate surface area is 97.8 Å². The Kier molecular flexibility index (Phi) is 6.08. The third kappa shape index (κ3) is 4.31. The summed E-state index contributed by atoms with van der Waals surface area (Å²) in [6.45, 7) is 4.35. The lowest BCUT2D eigenvalue weighted by molar-refractivity contribution is 0.351. The first-order chi connectivity index (χ1) is 7.80. The molecule has 0 aromatic carbocycles. The molecule has 0 fully saturated rings. The van der Waals surface area contributed by atoms with Crippen molar-refractivity contribution in [1.82, 2.24) is 15.5 Å². The van der Waals surface area contributed by atoms with Crippen LogP contribution in [0.5, 0.6) is 0 Å². The highest BCUT2D eigenvalue weighted by Crippen LogP contribution is 2.07. The molecule has 0 radical (unpaired) electrons. The van der Waals surface area contributed by atoms with Crippen LogP contribution in [-0.2, 0) is 12.8 Å². The maximum absolute atomic E-state index is 5.24. The Bertz CT molecular complexity index is 286. The number of hydrogen-bond acceptors (Lipinski definition) is 4. The molecular formula is C12H23N3O. The van der Waals surface area contributed by atoms with Gasteiger partial charge in [0.25, 0.3) is 0 Å². The third-order valence-electron chi connectivity index (χ3n) is 2.73. The maximum atomic E-state index is 5.24. The van der Waals surface area contributed by atoms with Crippen molar-refractivity contribution in [1.29, 1.82) is 0 Å². The van der Waals surface area contributed by atoms with Crippen molar-refractivity contribution in [2.75, 3.05) is 7.05 Å². The van der Waals surface area contributed by atoms with Crippen molar-refractivity contribution in [3.63, 3.8) is 0 Å². The van der Waals surface area contributed by atoms with Gasteiger partial charge in [0.1, 0.15) is 0 Å². The average Bonchev–Trinajstić information content (AvgIpc) is 2.73. The molecule has 1 N–H and O–H groups in total. The monoisotopic (exact) mass is 225 g/mol. The molecule has 1 aromatic rings. The number of rotatable bonds is 8. The Balaban J connectivity index is 2.43. The summed E-state index contributed by atoms with van der Waals surface area (Å²) >= 11 is 0. The summed E-state index contributed by atoms with van der Waals surface area (Å²) in [5.41, 5.74) is 0. The molecular weight excluding hydrogens is 202 g/mol. The molecule has 0 saturated heterocycles. The molecule has 0 amide bonds. The van der Waals surface area contributed by atoms with E-state index in [1.165, 1.54) is 12.8 Å². The molecule has 16 heavy (non-hydrogen) atoms. The lowest BCUT2D eigenvalue weighted by Crippen LogP contribution is -2.27. The van der Waals surface area contributed by atoms with Crippen LogP contribution in [0.4, 0.5) is 0 Å². The Morgan fingerprint density at radius 2 is 2.12 bits per heavy atom. The average molecular weight is 225 g/mol. The second-order valence-corrected chi connectivity index (χ2v) is 4.19. The van der Waals surface area contributed by atoms with Crippen LogP contribution in [0.15, 0.2) is 4.52 Å². The van der Waals surface area contributed by atoms with Crippen molar-refractivity contribution >= 4 is 0 Å². The summed E-state index contributed by atoms with van der Waals surface area (Å²) in [6.07, 6.45) is 6.37. The molecule has 1 atom stereocenters. The van der Waals surface area contributed by atoms with E-state index in [2.05, 4.69) is 29.3 Å². The van der Waals surface area contributed by atoms with Gasteiger partial charge in [-0.2, -0.15) is 4.98 Å². The topological polar surface area (TPSA) is 51.0 Å². The van der Waals surface area contributed by atoms with Gasteiger partial charge in [-0.15, -0.1) is 0 Å². The SMILES string of the molecule is CCCCc1noc(CC(CCC)NC)n1. The molecule has 4 nitrogen and oxygen atoms in total. The van der Waals surface area contributed by atoms with Crippen LogP contribution >= 0.6 is 0 Å². The number of nitrogens with one attached hydrogen (secondary N) is 1. The van der Waals surface area contributed by atoms with Gasteiger partial charge < -0.3 is 9.84 Å². The van der Waals surface area contributed by atoms with E-state index in [0.29, 0.717) is 6.04 Å². The number of aryl methyl sites for hydroxylation is 1. The highest BCUT2D eigenvalue weighted by atomic mass is 16.5. The fourth-order valence-electron chi connectivity index (χ4n) is 1.72. The minimum absolute atomic E-state index is 0.449. The predicted molar refractivity (Wildman–Crippen MR) is 64.4 cm³/mol. The molecule has 0 aliphatic rings. The highest BCUT2D eigenvalue weighted by molar-refractivity contribution is 4.89. The normalized spacial score (nSPS) is 12.9. The molecule has 92 valence electrons. The van der Waals surface area contributed by atoms with E-state index in [0.717, 1.165) is 37.4 Å². The number of nitrogens with zero attached hydrogens (tertiary/aromatic N) is 2. The molecule has 1 rings (SSSR count). The van der Waals surface area contributed by atoms with Gasteiger partial charge in [-0.05, 0) is 19.9 Å². The zero-order chi connectivity index (χ0) is 11.8. The Morgan fingerprint density at radius 3 is 2.75 bits per heavy atom. The van der Waals surface area contributed by atoms with Crippen molar-refractivity contribution in [2.24, 2.45) is 0 Å². The molecule has 0 saturated carbocycles. The first-order valence-corrected chi connectivity index (χ1v) is 6.28. The van der Waals surface area contributed by atoms with Crippen LogP contribution in [0.1, 0.15) is 51.2 Å². The van der Waals surface area contributed by atoms with Crippen molar-refractivity contribution in [3.05, 3.63) is 11.7 Å². The van der Waals surface area contributed by atoms with Gasteiger partial charge in [-0.3, -0.25) is 0 Å². The summed E-state index contributed by atoms with van der Waals surface area (Å²) in [5, 5.41) is 7.26. The van der Waals surface area contributed by atoms with E-state index in [9.17, 15) is 0 Å². The fraction of sp³-hybridized carbons (Fsp3) is 0.833. The van der Waals surface area contributed by atoms with E-state index in [1.807, 2.05) is 7.05 Å². The van der Waals surface area contributed by atoms with Gasteiger partial charge in [0.15, 0.2) is 5.82 Å². The van der Waals surface area contributed by atoms with Crippen LogP contribution in [0.3, 0.4) is 0 Å². The summed E-state index contributed by atoms with van der Waals surface area (Å²) < 4.78 is 5.24. The second-order valence-electron chi connectivity index (χ2n) is 4.19. The predicted octanol–water partition coefficient (Wildman–Crippen LogP) is 2.34. The summed E-state index contributed by atoms with van der Waals surface area (Å²) in [4.78, 5) is 4.40. The molecule has 4 heteroatoms. The van der Waals surface area contributed by atoms with Crippen LogP contribution in [0.25, 0.3) is 0 Å². The molecule has 0 bridgehead atoms. The second kappa shape index (κ2) is 7.39. The first kappa shape index (κ1) is 13.2. The van der Waals surface area contributed by atoms with Gasteiger partial charge in [-0.1, -0.05) is 31.8 Å². The van der Waals surface area contributed by atoms with Gasteiger partial charge in [-0.25, -0.2) is 0 Å². The number of hydrogen-bond donors (Lipinski definition) is 1. The largest absolute Gasteiger partial charge is 0.339 e. The van der Waals surface area contributed by atoms with Crippen molar-refractivity contribution in [2.45, 2.75) is 58.4 Å². The van der Waals surface area contributed by atoms with Crippen LogP contribution < -0.4 is 5.32 Å². The Morgan fingerprint density at radius 1 is 1.31 bits per heavy atom. The number of likely N-dealkylation sites (N-methyl/N-ethyl adjacent to an activating group) is 1. The number of unbranched alkanes of at least 4 members (excludes halogenated alkanes) is 1. The van der Waals surface area contributed by atoms with E-state index in [1.54, 1.807) is 0 Å². The van der Waals surface area contributed by atoms with E-state index in [-0.39, 0.29) is 0 Å². The van der Waals surface area contributed by atoms with E-state index < -0.39 is 0 Å². The van der Waals surface area contributed by atoms with E-state index >= 15 is 0 Å². The fourth-order valence-corrected chi connectivity index (χ4v) is 1.72. The molecule has 0 aliphatic heterocycles. The first-order valence-electron chi connectivity index (χ1n) is 6.28. The maximum Gasteiger partial charge on any atom is 0.228 e. The van der Waals surface area contributed by atoms with Crippen LogP contribution in [0.2, 0.25) is 0 Å². The molecule has 1 unspecified atom stereocenters. The highest BCUT2D eigenvalue weighted by Gasteiger charge is 2.12. The summed E-state index contributed by atoms with van der Waals surface area (Å²) in [5.74, 6) is 1.61. The molecule has 1 aromatic heterocycles. The lowest BCUT2D eigenvalue weighted by Gasteiger charge is -2.11. The van der Waals surface area contributed by atoms with Crippen molar-refractivity contribution in [3.8, 4) is 0 Å². The number of aromatic nitrogens is 2. The quantitative estimate of drug-likeness (QED) is 0.738. The van der Waals surface area contributed by atoms with Gasteiger partial charge in [0.05, 0.1) is 0 Å². The molecule has 0 aliphatic carbocycles. The summed E-state index contributed by atoms with van der Waals surface area (Å²) in [6, 6.07) is 0.449. The van der Waals surface area contributed by atoms with E-state index in [4.69, 9.17) is 4.52 Å². The van der Waals surface area contributed by atoms with Crippen molar-refractivity contribution < 1.29 is 4.52 Å². The zero-order valence-corrected chi connectivity index (χ0v) is 10.6. The molecule has 0 spiro atoms. The zero-order valence-electron chi connectivity index (χ0n) is 10.6. The van der Waals surface area contributed by atoms with Crippen LogP contribution in [-0.4, -0.2) is 23.2 Å². The standard InChI is InChI=1S/C12H23N3O/c1-4-6-8-11-14-12(16-15-11)9-10(13-3)7-5-2/h10,13H,4-9H2,1-3H3. The minimum Gasteiger partial charge on any atom is -0.339 e. The van der Waals surface area contributed by atoms with Gasteiger partial charge >= 0.3 is 0 Å². The Hall–Kier alpha value is -0.900. The smallest absolute Gasteiger partial charge is 0.228 e. The van der Waals surface area contributed by atoms with Gasteiger partial charge in [0.2, 0.25) is 5.89 Å². The minimum atomic E-state index is 0.449.